The van der Waals surface area contributed by atoms with Crippen molar-refractivity contribution in [3.05, 3.63) is 0 Å². The van der Waals surface area contributed by atoms with Crippen molar-refractivity contribution < 1.29 is 4.74 Å². The van der Waals surface area contributed by atoms with Gasteiger partial charge < -0.3 is 10.1 Å². The Labute approximate surface area is 108 Å². The molecule has 2 heteroatoms. The van der Waals surface area contributed by atoms with E-state index in [1.54, 1.807) is 0 Å². The summed E-state index contributed by atoms with van der Waals surface area (Å²) in [5.74, 6) is 0.821. The molecule has 2 nitrogen and oxygen atoms in total. The molecule has 1 aliphatic carbocycles. The lowest BCUT2D eigenvalue weighted by Crippen LogP contribution is -2.51. The smallest absolute Gasteiger partial charge is 0.0538 e. The fraction of sp³-hybridized carbons (Fsp3) is 1.00. The molecule has 0 amide bonds. The molecular weight excluding hydrogens is 210 g/mol. The summed E-state index contributed by atoms with van der Waals surface area (Å²) in [6.07, 6.45) is 5.56. The van der Waals surface area contributed by atoms with E-state index in [2.05, 4.69) is 33.0 Å². The van der Waals surface area contributed by atoms with Gasteiger partial charge in [-0.15, -0.1) is 0 Å². The minimum atomic E-state index is 0.286. The molecular formula is C15H31NO. The molecule has 1 saturated carbocycles. The average molecular weight is 241 g/mol. The molecule has 0 aromatic carbocycles. The lowest BCUT2D eigenvalue weighted by Gasteiger charge is -2.49. The van der Waals surface area contributed by atoms with Crippen LogP contribution in [0.5, 0.6) is 0 Å². The van der Waals surface area contributed by atoms with E-state index < -0.39 is 0 Å². The summed E-state index contributed by atoms with van der Waals surface area (Å²) in [6.45, 7) is 12.3. The van der Waals surface area contributed by atoms with Crippen LogP contribution in [-0.4, -0.2) is 26.8 Å². The fourth-order valence-electron chi connectivity index (χ4n) is 3.49. The van der Waals surface area contributed by atoms with Crippen molar-refractivity contribution in [3.63, 3.8) is 0 Å². The van der Waals surface area contributed by atoms with Crippen molar-refractivity contribution in [3.8, 4) is 0 Å². The molecule has 0 aromatic heterocycles. The van der Waals surface area contributed by atoms with Gasteiger partial charge in [0, 0.05) is 19.1 Å². The van der Waals surface area contributed by atoms with Crippen LogP contribution in [0.25, 0.3) is 0 Å². The largest absolute Gasteiger partial charge is 0.384 e. The van der Waals surface area contributed by atoms with Gasteiger partial charge in [-0.2, -0.15) is 0 Å². The van der Waals surface area contributed by atoms with E-state index in [0.717, 1.165) is 25.6 Å². The number of rotatable bonds is 6. The Kier molecular flexibility index (Phi) is 5.46. The highest BCUT2D eigenvalue weighted by Crippen LogP contribution is 2.50. The highest BCUT2D eigenvalue weighted by atomic mass is 16.5. The van der Waals surface area contributed by atoms with Gasteiger partial charge in [0.1, 0.15) is 0 Å². The Morgan fingerprint density at radius 3 is 2.18 bits per heavy atom. The first-order valence-corrected chi connectivity index (χ1v) is 7.17. The second kappa shape index (κ2) is 6.19. The second-order valence-corrected chi connectivity index (χ2v) is 6.60. The van der Waals surface area contributed by atoms with Gasteiger partial charge in [-0.05, 0) is 30.7 Å². The van der Waals surface area contributed by atoms with Crippen LogP contribution >= 0.6 is 0 Å². The predicted molar refractivity (Wildman–Crippen MR) is 74.3 cm³/mol. The number of hydrogen-bond donors (Lipinski definition) is 1. The fourth-order valence-corrected chi connectivity index (χ4v) is 3.49. The monoisotopic (exact) mass is 241 g/mol. The van der Waals surface area contributed by atoms with Crippen molar-refractivity contribution >= 4 is 0 Å². The zero-order chi connectivity index (χ0) is 12.9. The van der Waals surface area contributed by atoms with Crippen LogP contribution in [0.4, 0.5) is 0 Å². The van der Waals surface area contributed by atoms with Gasteiger partial charge in [0.15, 0.2) is 0 Å². The SMILES string of the molecule is CCNCC(COC)(C1CCCC1)C(C)(C)C. The van der Waals surface area contributed by atoms with Crippen LogP contribution in [-0.2, 0) is 4.74 Å². The van der Waals surface area contributed by atoms with Gasteiger partial charge in [0.05, 0.1) is 6.61 Å². The van der Waals surface area contributed by atoms with Crippen LogP contribution in [0, 0.1) is 16.7 Å². The lowest BCUT2D eigenvalue weighted by atomic mass is 9.59. The molecule has 1 aliphatic rings. The number of methoxy groups -OCH3 is 1. The maximum atomic E-state index is 5.60. The van der Waals surface area contributed by atoms with E-state index in [-0.39, 0.29) is 5.41 Å². The third-order valence-electron chi connectivity index (χ3n) is 4.72. The molecule has 1 rings (SSSR count). The van der Waals surface area contributed by atoms with E-state index in [0.29, 0.717) is 5.41 Å². The van der Waals surface area contributed by atoms with Crippen LogP contribution < -0.4 is 5.32 Å². The predicted octanol–water partition coefficient (Wildman–Crippen LogP) is 3.47. The third-order valence-corrected chi connectivity index (χ3v) is 4.72. The molecule has 0 saturated heterocycles. The molecule has 0 aromatic rings. The van der Waals surface area contributed by atoms with E-state index in [4.69, 9.17) is 4.74 Å². The summed E-state index contributed by atoms with van der Waals surface area (Å²) in [4.78, 5) is 0. The van der Waals surface area contributed by atoms with Crippen molar-refractivity contribution in [2.24, 2.45) is 16.7 Å². The van der Waals surface area contributed by atoms with Crippen LogP contribution in [0.3, 0.4) is 0 Å². The van der Waals surface area contributed by atoms with E-state index in [1.807, 2.05) is 7.11 Å². The van der Waals surface area contributed by atoms with Crippen molar-refractivity contribution in [2.45, 2.75) is 53.4 Å². The Bertz CT molecular complexity index is 215. The summed E-state index contributed by atoms with van der Waals surface area (Å²) >= 11 is 0. The first-order valence-electron chi connectivity index (χ1n) is 7.17. The summed E-state index contributed by atoms with van der Waals surface area (Å²) in [6, 6.07) is 0. The number of nitrogens with one attached hydrogen (secondary N) is 1. The van der Waals surface area contributed by atoms with Crippen molar-refractivity contribution in [2.75, 3.05) is 26.8 Å². The Hall–Kier alpha value is -0.0800. The second-order valence-electron chi connectivity index (χ2n) is 6.60. The summed E-state index contributed by atoms with van der Waals surface area (Å²) in [5.41, 5.74) is 0.578. The highest BCUT2D eigenvalue weighted by Gasteiger charge is 2.48. The normalized spacial score (nSPS) is 21.7. The van der Waals surface area contributed by atoms with Crippen LogP contribution in [0.15, 0.2) is 0 Å². The molecule has 0 bridgehead atoms. The van der Waals surface area contributed by atoms with Crippen molar-refractivity contribution in [1.82, 2.24) is 5.32 Å². The Morgan fingerprint density at radius 2 is 1.76 bits per heavy atom. The van der Waals surface area contributed by atoms with Gasteiger partial charge in [0.2, 0.25) is 0 Å². The Morgan fingerprint density at radius 1 is 1.18 bits per heavy atom. The van der Waals surface area contributed by atoms with E-state index >= 15 is 0 Å². The molecule has 0 spiro atoms. The number of hydrogen-bond acceptors (Lipinski definition) is 2. The van der Waals surface area contributed by atoms with Gasteiger partial charge in [-0.25, -0.2) is 0 Å². The van der Waals surface area contributed by atoms with E-state index in [9.17, 15) is 0 Å². The Balaban J connectivity index is 2.91. The standard InChI is InChI=1S/C15H31NO/c1-6-16-11-15(12-17-5,14(2,3)4)13-9-7-8-10-13/h13,16H,6-12H2,1-5H3. The summed E-state index contributed by atoms with van der Waals surface area (Å²) in [5, 5.41) is 3.58. The summed E-state index contributed by atoms with van der Waals surface area (Å²) < 4.78 is 5.60. The lowest BCUT2D eigenvalue weighted by molar-refractivity contribution is -0.0509. The molecule has 1 N–H and O–H groups in total. The van der Waals surface area contributed by atoms with Crippen LogP contribution in [0.2, 0.25) is 0 Å². The molecule has 0 aliphatic heterocycles. The molecule has 0 radical (unpaired) electrons. The topological polar surface area (TPSA) is 21.3 Å². The minimum absolute atomic E-state index is 0.286. The molecule has 17 heavy (non-hydrogen) atoms. The molecule has 0 heterocycles. The highest BCUT2D eigenvalue weighted by molar-refractivity contribution is 4.98. The van der Waals surface area contributed by atoms with Gasteiger partial charge in [-0.1, -0.05) is 40.5 Å². The third kappa shape index (κ3) is 3.23. The zero-order valence-corrected chi connectivity index (χ0v) is 12.4. The maximum Gasteiger partial charge on any atom is 0.0538 e. The van der Waals surface area contributed by atoms with Gasteiger partial charge in [-0.3, -0.25) is 0 Å². The first-order chi connectivity index (χ1) is 7.98. The van der Waals surface area contributed by atoms with E-state index in [1.165, 1.54) is 25.7 Å². The average Bonchev–Trinajstić information content (AvgIpc) is 2.76. The molecule has 1 atom stereocenters. The van der Waals surface area contributed by atoms with Crippen molar-refractivity contribution in [1.29, 1.82) is 0 Å². The minimum Gasteiger partial charge on any atom is -0.384 e. The van der Waals surface area contributed by atoms with Crippen LogP contribution in [0.1, 0.15) is 53.4 Å². The molecule has 102 valence electrons. The molecule has 1 unspecified atom stereocenters. The number of ether oxygens (including phenoxy) is 1. The quantitative estimate of drug-likeness (QED) is 0.769. The first kappa shape index (κ1) is 15.0. The van der Waals surface area contributed by atoms with Gasteiger partial charge >= 0.3 is 0 Å². The maximum absolute atomic E-state index is 5.60. The molecule has 1 fully saturated rings. The van der Waals surface area contributed by atoms with Gasteiger partial charge in [0.25, 0.3) is 0 Å². The summed E-state index contributed by atoms with van der Waals surface area (Å²) in [7, 11) is 1.85. The zero-order valence-electron chi connectivity index (χ0n) is 12.4.